The second-order valence-electron chi connectivity index (χ2n) is 6.63. The van der Waals surface area contributed by atoms with E-state index in [0.29, 0.717) is 16.4 Å². The Kier molecular flexibility index (Phi) is 6.61. The number of carboxylic acid groups (broad SMARTS) is 1. The number of hydrogen-bond acceptors (Lipinski definition) is 5. The molecular formula is C18H22N2O3S2. The van der Waals surface area contributed by atoms with Crippen molar-refractivity contribution in [1.82, 2.24) is 4.98 Å². The van der Waals surface area contributed by atoms with Crippen molar-refractivity contribution < 1.29 is 14.7 Å². The summed E-state index contributed by atoms with van der Waals surface area (Å²) in [5.74, 6) is 0.350. The first kappa shape index (κ1) is 19.5. The molecule has 0 aliphatic rings. The molecule has 0 radical (unpaired) electrons. The number of hydrogen-bond donors (Lipinski definition) is 2. The Morgan fingerprint density at radius 1 is 1.32 bits per heavy atom. The third kappa shape index (κ3) is 5.86. The standard InChI is InChI=1S/C18H22N2O3S2/c1-18(2,3)16-15(25-11-19-16)17(23)20-13-6-4-5-12(9-13)10-24-8-7-14(21)22/h4-6,9,11H,7-8,10H2,1-3H3,(H,20,23)(H,21,22). The lowest BCUT2D eigenvalue weighted by Crippen LogP contribution is -2.19. The topological polar surface area (TPSA) is 79.3 Å². The number of anilines is 1. The number of carbonyl (C=O) groups excluding carboxylic acids is 1. The summed E-state index contributed by atoms with van der Waals surface area (Å²) in [6.45, 7) is 6.11. The summed E-state index contributed by atoms with van der Waals surface area (Å²) in [7, 11) is 0. The third-order valence-corrected chi connectivity index (χ3v) is 5.25. The van der Waals surface area contributed by atoms with Gasteiger partial charge in [-0.1, -0.05) is 32.9 Å². The maximum atomic E-state index is 12.6. The molecule has 2 N–H and O–H groups in total. The van der Waals surface area contributed by atoms with Gasteiger partial charge in [0.25, 0.3) is 5.91 Å². The highest BCUT2D eigenvalue weighted by Crippen LogP contribution is 2.28. The quantitative estimate of drug-likeness (QED) is 0.698. The van der Waals surface area contributed by atoms with Gasteiger partial charge < -0.3 is 10.4 Å². The summed E-state index contributed by atoms with van der Waals surface area (Å²) in [6.07, 6.45) is 0.155. The first-order valence-corrected chi connectivity index (χ1v) is 9.94. The summed E-state index contributed by atoms with van der Waals surface area (Å²) in [5.41, 5.74) is 4.10. The van der Waals surface area contributed by atoms with E-state index in [2.05, 4.69) is 10.3 Å². The lowest BCUT2D eigenvalue weighted by molar-refractivity contribution is -0.136. The molecule has 2 aromatic rings. The van der Waals surface area contributed by atoms with Gasteiger partial charge in [-0.05, 0) is 17.7 Å². The zero-order valence-corrected chi connectivity index (χ0v) is 16.2. The Labute approximate surface area is 155 Å². The lowest BCUT2D eigenvalue weighted by Gasteiger charge is -2.17. The van der Waals surface area contributed by atoms with Crippen molar-refractivity contribution in [3.05, 3.63) is 45.9 Å². The predicted molar refractivity (Wildman–Crippen MR) is 104 cm³/mol. The number of carbonyl (C=O) groups is 2. The normalized spacial score (nSPS) is 11.3. The molecule has 0 bridgehead atoms. The lowest BCUT2D eigenvalue weighted by atomic mass is 9.91. The van der Waals surface area contributed by atoms with Crippen LogP contribution >= 0.6 is 23.1 Å². The molecule has 0 unspecified atom stereocenters. The number of benzene rings is 1. The van der Waals surface area contributed by atoms with Gasteiger partial charge in [0, 0.05) is 22.6 Å². The number of carboxylic acids is 1. The van der Waals surface area contributed by atoms with Gasteiger partial charge in [-0.15, -0.1) is 11.3 Å². The molecule has 5 nitrogen and oxygen atoms in total. The van der Waals surface area contributed by atoms with Crippen LogP contribution in [0.4, 0.5) is 5.69 Å². The van der Waals surface area contributed by atoms with Crippen molar-refractivity contribution in [2.75, 3.05) is 11.1 Å². The maximum absolute atomic E-state index is 12.6. The van der Waals surface area contributed by atoms with Crippen LogP contribution in [0, 0.1) is 0 Å². The van der Waals surface area contributed by atoms with E-state index in [-0.39, 0.29) is 17.7 Å². The predicted octanol–water partition coefficient (Wildman–Crippen LogP) is 4.40. The second kappa shape index (κ2) is 8.49. The van der Waals surface area contributed by atoms with Crippen molar-refractivity contribution in [3.8, 4) is 0 Å². The zero-order valence-electron chi connectivity index (χ0n) is 14.5. The fourth-order valence-electron chi connectivity index (χ4n) is 2.22. The fraction of sp³-hybridized carbons (Fsp3) is 0.389. The highest BCUT2D eigenvalue weighted by Gasteiger charge is 2.24. The summed E-state index contributed by atoms with van der Waals surface area (Å²) in [4.78, 5) is 28.1. The van der Waals surface area contributed by atoms with Crippen LogP contribution in [0.5, 0.6) is 0 Å². The molecule has 0 saturated carbocycles. The number of nitrogens with zero attached hydrogens (tertiary/aromatic N) is 1. The molecular weight excluding hydrogens is 356 g/mol. The van der Waals surface area contributed by atoms with Crippen molar-refractivity contribution in [3.63, 3.8) is 0 Å². The SMILES string of the molecule is CC(C)(C)c1ncsc1C(=O)Nc1cccc(CSCCC(=O)O)c1. The van der Waals surface area contributed by atoms with Crippen LogP contribution in [0.15, 0.2) is 29.8 Å². The molecule has 0 saturated heterocycles. The third-order valence-electron chi connectivity index (χ3n) is 3.40. The average molecular weight is 379 g/mol. The monoisotopic (exact) mass is 378 g/mol. The number of amides is 1. The minimum absolute atomic E-state index is 0.150. The Hall–Kier alpha value is -1.86. The molecule has 2 rings (SSSR count). The molecule has 25 heavy (non-hydrogen) atoms. The van der Waals surface area contributed by atoms with Crippen molar-refractivity contribution in [2.45, 2.75) is 38.4 Å². The largest absolute Gasteiger partial charge is 0.481 e. The molecule has 0 fully saturated rings. The van der Waals surface area contributed by atoms with Crippen LogP contribution in [0.25, 0.3) is 0 Å². The van der Waals surface area contributed by atoms with E-state index in [1.165, 1.54) is 11.3 Å². The summed E-state index contributed by atoms with van der Waals surface area (Å²) < 4.78 is 0. The van der Waals surface area contributed by atoms with Crippen LogP contribution in [0.3, 0.4) is 0 Å². The van der Waals surface area contributed by atoms with Gasteiger partial charge in [-0.2, -0.15) is 11.8 Å². The highest BCUT2D eigenvalue weighted by atomic mass is 32.2. The number of nitrogens with one attached hydrogen (secondary N) is 1. The van der Waals surface area contributed by atoms with Gasteiger partial charge in [0.15, 0.2) is 0 Å². The van der Waals surface area contributed by atoms with Crippen molar-refractivity contribution in [2.24, 2.45) is 0 Å². The minimum atomic E-state index is -0.785. The van der Waals surface area contributed by atoms with E-state index in [1.54, 1.807) is 17.3 Å². The van der Waals surface area contributed by atoms with Gasteiger partial charge in [0.1, 0.15) is 4.88 Å². The molecule has 1 aromatic carbocycles. The molecule has 7 heteroatoms. The van der Waals surface area contributed by atoms with Crippen LogP contribution in [0.2, 0.25) is 0 Å². The molecule has 0 spiro atoms. The summed E-state index contributed by atoms with van der Waals surface area (Å²) in [5, 5.41) is 11.6. The number of aliphatic carboxylic acids is 1. The molecule has 0 atom stereocenters. The van der Waals surface area contributed by atoms with E-state index < -0.39 is 5.97 Å². The molecule has 134 valence electrons. The average Bonchev–Trinajstić information content (AvgIpc) is 3.02. The van der Waals surface area contributed by atoms with E-state index in [4.69, 9.17) is 5.11 Å². The minimum Gasteiger partial charge on any atom is -0.481 e. The van der Waals surface area contributed by atoms with Gasteiger partial charge in [0.05, 0.1) is 17.6 Å². The highest BCUT2D eigenvalue weighted by molar-refractivity contribution is 7.98. The van der Waals surface area contributed by atoms with Crippen LogP contribution < -0.4 is 5.32 Å². The second-order valence-corrected chi connectivity index (χ2v) is 8.59. The maximum Gasteiger partial charge on any atom is 0.304 e. The first-order valence-electron chi connectivity index (χ1n) is 7.91. The smallest absolute Gasteiger partial charge is 0.304 e. The summed E-state index contributed by atoms with van der Waals surface area (Å²) >= 11 is 2.91. The van der Waals surface area contributed by atoms with E-state index in [1.807, 2.05) is 45.0 Å². The van der Waals surface area contributed by atoms with E-state index in [0.717, 1.165) is 16.9 Å². The Morgan fingerprint density at radius 3 is 2.76 bits per heavy atom. The van der Waals surface area contributed by atoms with Crippen molar-refractivity contribution in [1.29, 1.82) is 0 Å². The van der Waals surface area contributed by atoms with Crippen LogP contribution in [-0.4, -0.2) is 27.7 Å². The van der Waals surface area contributed by atoms with E-state index >= 15 is 0 Å². The molecule has 1 heterocycles. The summed E-state index contributed by atoms with van der Waals surface area (Å²) in [6, 6.07) is 7.63. The Morgan fingerprint density at radius 2 is 2.08 bits per heavy atom. The molecule has 0 aliphatic carbocycles. The van der Waals surface area contributed by atoms with Gasteiger partial charge in [-0.3, -0.25) is 9.59 Å². The number of aromatic nitrogens is 1. The number of thiazole rings is 1. The van der Waals surface area contributed by atoms with Gasteiger partial charge >= 0.3 is 5.97 Å². The van der Waals surface area contributed by atoms with Crippen molar-refractivity contribution >= 4 is 40.7 Å². The molecule has 1 aromatic heterocycles. The van der Waals surface area contributed by atoms with E-state index in [9.17, 15) is 9.59 Å². The number of thioether (sulfide) groups is 1. The van der Waals surface area contributed by atoms with Gasteiger partial charge in [0.2, 0.25) is 0 Å². The van der Waals surface area contributed by atoms with Crippen LogP contribution in [0.1, 0.15) is 48.1 Å². The molecule has 0 aliphatic heterocycles. The number of rotatable bonds is 7. The van der Waals surface area contributed by atoms with Crippen LogP contribution in [-0.2, 0) is 16.0 Å². The Bertz CT molecular complexity index is 751. The first-order chi connectivity index (χ1) is 11.8. The molecule has 1 amide bonds. The fourth-order valence-corrected chi connectivity index (χ4v) is 3.99. The van der Waals surface area contributed by atoms with Gasteiger partial charge in [-0.25, -0.2) is 4.98 Å². The Balaban J connectivity index is 2.01. The zero-order chi connectivity index (χ0) is 18.4.